The molecule has 1 aromatic carbocycles. The molecule has 2 N–H and O–H groups in total. The lowest BCUT2D eigenvalue weighted by atomic mass is 9.98. The van der Waals surface area contributed by atoms with Crippen LogP contribution in [0.4, 0.5) is 4.79 Å². The normalized spacial score (nSPS) is 20.0. The largest absolute Gasteiger partial charge is 0.494 e. The predicted octanol–water partition coefficient (Wildman–Crippen LogP) is 1.69. The number of aliphatic hydroxyl groups excluding tert-OH is 1. The highest BCUT2D eigenvalue weighted by Crippen LogP contribution is 2.35. The molecule has 2 aliphatic rings. The zero-order valence-corrected chi connectivity index (χ0v) is 14.4. The van der Waals surface area contributed by atoms with Crippen molar-refractivity contribution in [2.45, 2.75) is 44.2 Å². The SMILES string of the molecule is CCOc1ccc(OCC(O)CN2C(=O)NC3(CCCC3)C2=O)cc1. The lowest BCUT2D eigenvalue weighted by Crippen LogP contribution is -2.45. The topological polar surface area (TPSA) is 88.1 Å². The summed E-state index contributed by atoms with van der Waals surface area (Å²) in [4.78, 5) is 25.7. The van der Waals surface area contributed by atoms with Gasteiger partial charge in [0.15, 0.2) is 0 Å². The minimum Gasteiger partial charge on any atom is -0.494 e. The Kier molecular flexibility index (Phi) is 5.13. The molecule has 1 atom stereocenters. The van der Waals surface area contributed by atoms with Gasteiger partial charge >= 0.3 is 6.03 Å². The van der Waals surface area contributed by atoms with Crippen LogP contribution in [0.15, 0.2) is 24.3 Å². The number of hydrogen-bond acceptors (Lipinski definition) is 5. The molecule has 136 valence electrons. The summed E-state index contributed by atoms with van der Waals surface area (Å²) < 4.78 is 10.9. The molecular formula is C18H24N2O5. The van der Waals surface area contributed by atoms with Crippen LogP contribution in [0.5, 0.6) is 11.5 Å². The third-order valence-corrected chi connectivity index (χ3v) is 4.67. The summed E-state index contributed by atoms with van der Waals surface area (Å²) in [5.74, 6) is 1.11. The number of urea groups is 1. The molecule has 25 heavy (non-hydrogen) atoms. The molecule has 1 heterocycles. The number of β-amino-alcohol motifs (C(OH)–C–C–N with tert-alkyl or cyclic N) is 1. The van der Waals surface area contributed by atoms with E-state index in [9.17, 15) is 14.7 Å². The maximum atomic E-state index is 12.5. The van der Waals surface area contributed by atoms with Gasteiger partial charge in [0.1, 0.15) is 29.7 Å². The zero-order valence-electron chi connectivity index (χ0n) is 14.4. The number of rotatable bonds is 7. The number of benzene rings is 1. The summed E-state index contributed by atoms with van der Waals surface area (Å²) in [5.41, 5.74) is -0.743. The lowest BCUT2D eigenvalue weighted by molar-refractivity contribution is -0.132. The average Bonchev–Trinajstić information content (AvgIpc) is 3.16. The van der Waals surface area contributed by atoms with Crippen molar-refractivity contribution < 1.29 is 24.2 Å². The van der Waals surface area contributed by atoms with Crippen LogP contribution < -0.4 is 14.8 Å². The van der Waals surface area contributed by atoms with Crippen molar-refractivity contribution in [1.29, 1.82) is 0 Å². The third-order valence-electron chi connectivity index (χ3n) is 4.67. The summed E-state index contributed by atoms with van der Waals surface area (Å²) in [5, 5.41) is 13.0. The summed E-state index contributed by atoms with van der Waals surface area (Å²) in [7, 11) is 0. The fourth-order valence-electron chi connectivity index (χ4n) is 3.41. The standard InChI is InChI=1S/C18H24N2O5/c1-2-24-14-5-7-15(8-6-14)25-12-13(21)11-20-16(22)18(19-17(20)23)9-3-4-10-18/h5-8,13,21H,2-4,9-12H2,1H3,(H,19,23). The third kappa shape index (κ3) is 3.71. The second-order valence-corrected chi connectivity index (χ2v) is 6.50. The van der Waals surface area contributed by atoms with Crippen molar-refractivity contribution in [2.24, 2.45) is 0 Å². The number of imide groups is 1. The van der Waals surface area contributed by atoms with Crippen LogP contribution in [-0.4, -0.2) is 53.3 Å². The molecule has 1 unspecified atom stereocenters. The van der Waals surface area contributed by atoms with Gasteiger partial charge in [0, 0.05) is 0 Å². The molecule has 1 aliphatic heterocycles. The fourth-order valence-corrected chi connectivity index (χ4v) is 3.41. The number of carbonyl (C=O) groups is 2. The van der Waals surface area contributed by atoms with Crippen molar-refractivity contribution in [3.63, 3.8) is 0 Å². The number of nitrogens with one attached hydrogen (secondary N) is 1. The Morgan fingerprint density at radius 3 is 2.36 bits per heavy atom. The Balaban J connectivity index is 1.51. The first-order valence-electron chi connectivity index (χ1n) is 8.72. The highest BCUT2D eigenvalue weighted by molar-refractivity contribution is 6.07. The van der Waals surface area contributed by atoms with Crippen molar-refractivity contribution in [2.75, 3.05) is 19.8 Å². The molecule has 7 heteroatoms. The van der Waals surface area contributed by atoms with E-state index in [-0.39, 0.29) is 19.1 Å². The highest BCUT2D eigenvalue weighted by Gasteiger charge is 2.52. The lowest BCUT2D eigenvalue weighted by Gasteiger charge is -2.21. The Morgan fingerprint density at radius 1 is 1.16 bits per heavy atom. The molecule has 3 rings (SSSR count). The first-order chi connectivity index (χ1) is 12.0. The Labute approximate surface area is 146 Å². The van der Waals surface area contributed by atoms with Gasteiger partial charge in [0.05, 0.1) is 13.2 Å². The Bertz CT molecular complexity index is 625. The van der Waals surface area contributed by atoms with E-state index in [0.29, 0.717) is 25.2 Å². The smallest absolute Gasteiger partial charge is 0.325 e. The molecule has 1 spiro atoms. The molecular weight excluding hydrogens is 324 g/mol. The van der Waals surface area contributed by atoms with E-state index in [0.717, 1.165) is 23.5 Å². The fraction of sp³-hybridized carbons (Fsp3) is 0.556. The van der Waals surface area contributed by atoms with Crippen LogP contribution in [0.3, 0.4) is 0 Å². The minimum atomic E-state index is -0.946. The minimum absolute atomic E-state index is 0.00194. The first kappa shape index (κ1) is 17.5. The van der Waals surface area contributed by atoms with Gasteiger partial charge in [-0.15, -0.1) is 0 Å². The van der Waals surface area contributed by atoms with Gasteiger partial charge in [-0.05, 0) is 44.0 Å². The maximum absolute atomic E-state index is 12.5. The van der Waals surface area contributed by atoms with Crippen LogP contribution in [0.25, 0.3) is 0 Å². The Hall–Kier alpha value is -2.28. The molecule has 1 saturated heterocycles. The van der Waals surface area contributed by atoms with Gasteiger partial charge in [-0.3, -0.25) is 9.69 Å². The van der Waals surface area contributed by atoms with E-state index in [1.807, 2.05) is 6.92 Å². The molecule has 0 bridgehead atoms. The molecule has 3 amide bonds. The van der Waals surface area contributed by atoms with Gasteiger partial charge in [-0.1, -0.05) is 12.8 Å². The first-order valence-corrected chi connectivity index (χ1v) is 8.72. The summed E-state index contributed by atoms with van der Waals surface area (Å²) in [6.45, 7) is 2.43. The quantitative estimate of drug-likeness (QED) is 0.732. The van der Waals surface area contributed by atoms with Crippen LogP contribution >= 0.6 is 0 Å². The number of aliphatic hydroxyl groups is 1. The van der Waals surface area contributed by atoms with E-state index < -0.39 is 17.7 Å². The summed E-state index contributed by atoms with van der Waals surface area (Å²) in [6.07, 6.45) is 2.27. The second-order valence-electron chi connectivity index (χ2n) is 6.50. The molecule has 2 fully saturated rings. The average molecular weight is 348 g/mol. The predicted molar refractivity (Wildman–Crippen MR) is 90.6 cm³/mol. The van der Waals surface area contributed by atoms with Gasteiger partial charge < -0.3 is 19.9 Å². The molecule has 1 aromatic rings. The number of carbonyl (C=O) groups excluding carboxylic acids is 2. The van der Waals surface area contributed by atoms with E-state index in [1.54, 1.807) is 24.3 Å². The van der Waals surface area contributed by atoms with E-state index in [1.165, 1.54) is 0 Å². The van der Waals surface area contributed by atoms with Crippen LogP contribution in [0.1, 0.15) is 32.6 Å². The number of hydrogen-bond donors (Lipinski definition) is 2. The number of ether oxygens (including phenoxy) is 2. The van der Waals surface area contributed by atoms with Crippen LogP contribution in [0.2, 0.25) is 0 Å². The highest BCUT2D eigenvalue weighted by atomic mass is 16.5. The molecule has 1 aliphatic carbocycles. The van der Waals surface area contributed by atoms with Crippen LogP contribution in [-0.2, 0) is 4.79 Å². The molecule has 7 nitrogen and oxygen atoms in total. The van der Waals surface area contributed by atoms with Crippen LogP contribution in [0, 0.1) is 0 Å². The molecule has 0 radical (unpaired) electrons. The van der Waals surface area contributed by atoms with E-state index in [2.05, 4.69) is 5.32 Å². The maximum Gasteiger partial charge on any atom is 0.325 e. The van der Waals surface area contributed by atoms with Gasteiger partial charge in [0.25, 0.3) is 5.91 Å². The Morgan fingerprint density at radius 2 is 1.76 bits per heavy atom. The van der Waals surface area contributed by atoms with Gasteiger partial charge in [-0.25, -0.2) is 4.79 Å². The second kappa shape index (κ2) is 7.31. The molecule has 1 saturated carbocycles. The van der Waals surface area contributed by atoms with Crippen molar-refractivity contribution >= 4 is 11.9 Å². The zero-order chi connectivity index (χ0) is 17.9. The van der Waals surface area contributed by atoms with Crippen molar-refractivity contribution in [3.8, 4) is 11.5 Å². The number of amides is 3. The molecule has 0 aromatic heterocycles. The van der Waals surface area contributed by atoms with E-state index in [4.69, 9.17) is 9.47 Å². The van der Waals surface area contributed by atoms with E-state index >= 15 is 0 Å². The summed E-state index contributed by atoms with van der Waals surface area (Å²) >= 11 is 0. The number of nitrogens with zero attached hydrogens (tertiary/aromatic N) is 1. The van der Waals surface area contributed by atoms with Crippen molar-refractivity contribution in [1.82, 2.24) is 10.2 Å². The van der Waals surface area contributed by atoms with Gasteiger partial charge in [0.2, 0.25) is 0 Å². The monoisotopic (exact) mass is 348 g/mol. The summed E-state index contributed by atoms with van der Waals surface area (Å²) in [6, 6.07) is 6.64. The van der Waals surface area contributed by atoms with Gasteiger partial charge in [-0.2, -0.15) is 0 Å². The van der Waals surface area contributed by atoms with Crippen molar-refractivity contribution in [3.05, 3.63) is 24.3 Å².